The Morgan fingerprint density at radius 3 is 2.24 bits per heavy atom. The van der Waals surface area contributed by atoms with Gasteiger partial charge < -0.3 is 14.6 Å². The SMILES string of the molecule is COC(=O)c1ccc(CCO)cc1C(=O)OC. The van der Waals surface area contributed by atoms with Crippen molar-refractivity contribution in [1.82, 2.24) is 0 Å². The second-order valence-electron chi connectivity index (χ2n) is 3.34. The molecular weight excluding hydrogens is 224 g/mol. The van der Waals surface area contributed by atoms with Crippen LogP contribution in [0, 0.1) is 0 Å². The Labute approximate surface area is 99.0 Å². The number of ether oxygens (including phenoxy) is 2. The lowest BCUT2D eigenvalue weighted by atomic mass is 10.0. The Morgan fingerprint density at radius 1 is 1.12 bits per heavy atom. The first-order valence-electron chi connectivity index (χ1n) is 5.04. The molecule has 92 valence electrons. The summed E-state index contributed by atoms with van der Waals surface area (Å²) < 4.78 is 9.17. The largest absolute Gasteiger partial charge is 0.465 e. The van der Waals surface area contributed by atoms with E-state index < -0.39 is 11.9 Å². The summed E-state index contributed by atoms with van der Waals surface area (Å²) in [6.45, 7) is -0.0296. The van der Waals surface area contributed by atoms with E-state index in [1.807, 2.05) is 0 Å². The molecule has 17 heavy (non-hydrogen) atoms. The van der Waals surface area contributed by atoms with Crippen molar-refractivity contribution in [1.29, 1.82) is 0 Å². The molecule has 0 aliphatic heterocycles. The van der Waals surface area contributed by atoms with Crippen LogP contribution in [0.4, 0.5) is 0 Å². The summed E-state index contributed by atoms with van der Waals surface area (Å²) in [7, 11) is 2.48. The van der Waals surface area contributed by atoms with Crippen LogP contribution in [-0.2, 0) is 15.9 Å². The molecule has 1 N–H and O–H groups in total. The van der Waals surface area contributed by atoms with E-state index >= 15 is 0 Å². The quantitative estimate of drug-likeness (QED) is 0.785. The van der Waals surface area contributed by atoms with Gasteiger partial charge >= 0.3 is 11.9 Å². The number of hydrogen-bond acceptors (Lipinski definition) is 5. The molecule has 0 spiro atoms. The zero-order valence-corrected chi connectivity index (χ0v) is 9.73. The summed E-state index contributed by atoms with van der Waals surface area (Å²) >= 11 is 0. The number of esters is 2. The Bertz CT molecular complexity index is 425. The number of hydrogen-bond donors (Lipinski definition) is 1. The number of carbonyl (C=O) groups excluding carboxylic acids is 2. The van der Waals surface area contributed by atoms with Gasteiger partial charge in [-0.25, -0.2) is 9.59 Å². The van der Waals surface area contributed by atoms with Crippen molar-refractivity contribution in [3.05, 3.63) is 34.9 Å². The highest BCUT2D eigenvalue weighted by Crippen LogP contribution is 2.15. The van der Waals surface area contributed by atoms with E-state index in [0.717, 1.165) is 5.56 Å². The van der Waals surface area contributed by atoms with Crippen LogP contribution in [0.15, 0.2) is 18.2 Å². The third kappa shape index (κ3) is 3.04. The van der Waals surface area contributed by atoms with Crippen LogP contribution in [-0.4, -0.2) is 37.9 Å². The van der Waals surface area contributed by atoms with E-state index in [1.54, 1.807) is 6.07 Å². The van der Waals surface area contributed by atoms with Gasteiger partial charge in [-0.3, -0.25) is 0 Å². The molecular formula is C12H14O5. The summed E-state index contributed by atoms with van der Waals surface area (Å²) in [5.41, 5.74) is 1.05. The lowest BCUT2D eigenvalue weighted by Gasteiger charge is -2.08. The summed E-state index contributed by atoms with van der Waals surface area (Å²) in [4.78, 5) is 23.0. The fourth-order valence-corrected chi connectivity index (χ4v) is 1.44. The molecule has 0 saturated heterocycles. The van der Waals surface area contributed by atoms with Crippen molar-refractivity contribution < 1.29 is 24.2 Å². The molecule has 1 rings (SSSR count). The van der Waals surface area contributed by atoms with Crippen LogP contribution in [0.25, 0.3) is 0 Å². The lowest BCUT2D eigenvalue weighted by molar-refractivity contribution is 0.0555. The maximum absolute atomic E-state index is 11.5. The van der Waals surface area contributed by atoms with E-state index in [9.17, 15) is 9.59 Å². The number of rotatable bonds is 4. The molecule has 5 nitrogen and oxygen atoms in total. The molecule has 1 aromatic rings. The smallest absolute Gasteiger partial charge is 0.338 e. The molecule has 0 heterocycles. The van der Waals surface area contributed by atoms with Crippen LogP contribution < -0.4 is 0 Å². The first-order chi connectivity index (χ1) is 8.13. The molecule has 0 bridgehead atoms. The van der Waals surface area contributed by atoms with Gasteiger partial charge in [-0.05, 0) is 24.1 Å². The fraction of sp³-hybridized carbons (Fsp3) is 0.333. The van der Waals surface area contributed by atoms with E-state index in [-0.39, 0.29) is 17.7 Å². The maximum atomic E-state index is 11.5. The van der Waals surface area contributed by atoms with Crippen molar-refractivity contribution >= 4 is 11.9 Å². The minimum Gasteiger partial charge on any atom is -0.465 e. The molecule has 0 atom stereocenters. The van der Waals surface area contributed by atoms with Gasteiger partial charge in [0.15, 0.2) is 0 Å². The fourth-order valence-electron chi connectivity index (χ4n) is 1.44. The summed E-state index contributed by atoms with van der Waals surface area (Å²) in [6.07, 6.45) is 0.408. The van der Waals surface area contributed by atoms with Crippen LogP contribution in [0.2, 0.25) is 0 Å². The molecule has 0 saturated carbocycles. The van der Waals surface area contributed by atoms with Crippen molar-refractivity contribution in [2.45, 2.75) is 6.42 Å². The Hall–Kier alpha value is -1.88. The molecule has 1 aromatic carbocycles. The topological polar surface area (TPSA) is 72.8 Å². The third-order valence-corrected chi connectivity index (χ3v) is 2.30. The Balaban J connectivity index is 3.21. The zero-order chi connectivity index (χ0) is 12.8. The van der Waals surface area contributed by atoms with Crippen molar-refractivity contribution in [3.63, 3.8) is 0 Å². The number of aliphatic hydroxyl groups is 1. The summed E-state index contributed by atoms with van der Waals surface area (Å²) in [5, 5.41) is 8.82. The normalized spacial score (nSPS) is 9.82. The second-order valence-corrected chi connectivity index (χ2v) is 3.34. The predicted octanol–water partition coefficient (Wildman–Crippen LogP) is 0.795. The van der Waals surface area contributed by atoms with E-state index in [1.165, 1.54) is 26.4 Å². The molecule has 0 amide bonds. The maximum Gasteiger partial charge on any atom is 0.338 e. The molecule has 0 radical (unpaired) electrons. The van der Waals surface area contributed by atoms with Crippen molar-refractivity contribution in [2.24, 2.45) is 0 Å². The molecule has 0 aliphatic carbocycles. The van der Waals surface area contributed by atoms with Crippen LogP contribution in [0.3, 0.4) is 0 Å². The number of methoxy groups -OCH3 is 2. The minimum atomic E-state index is -0.606. The summed E-state index contributed by atoms with van der Waals surface area (Å²) in [6, 6.07) is 4.67. The van der Waals surface area contributed by atoms with Gasteiger partial charge in [0.25, 0.3) is 0 Å². The van der Waals surface area contributed by atoms with Crippen molar-refractivity contribution in [2.75, 3.05) is 20.8 Å². The first kappa shape index (κ1) is 13.2. The van der Waals surface area contributed by atoms with Crippen LogP contribution in [0.5, 0.6) is 0 Å². The average molecular weight is 238 g/mol. The molecule has 0 aliphatic rings. The first-order valence-corrected chi connectivity index (χ1v) is 5.04. The van der Waals surface area contributed by atoms with Gasteiger partial charge in [0.2, 0.25) is 0 Å². The average Bonchev–Trinajstić information content (AvgIpc) is 2.37. The van der Waals surface area contributed by atoms with E-state index in [2.05, 4.69) is 9.47 Å². The van der Waals surface area contributed by atoms with Crippen LogP contribution in [0.1, 0.15) is 26.3 Å². The standard InChI is InChI=1S/C12H14O5/c1-16-11(14)9-4-3-8(5-6-13)7-10(9)12(15)17-2/h3-4,7,13H,5-6H2,1-2H3. The van der Waals surface area contributed by atoms with E-state index in [0.29, 0.717) is 6.42 Å². The van der Waals surface area contributed by atoms with Gasteiger partial charge in [-0.1, -0.05) is 6.07 Å². The van der Waals surface area contributed by atoms with Gasteiger partial charge in [0, 0.05) is 6.61 Å². The zero-order valence-electron chi connectivity index (χ0n) is 9.73. The number of aliphatic hydroxyl groups excluding tert-OH is 1. The van der Waals surface area contributed by atoms with Gasteiger partial charge in [0.1, 0.15) is 0 Å². The second kappa shape index (κ2) is 6.00. The number of benzene rings is 1. The van der Waals surface area contributed by atoms with Gasteiger partial charge in [0.05, 0.1) is 25.3 Å². The Kier molecular flexibility index (Phi) is 4.66. The third-order valence-electron chi connectivity index (χ3n) is 2.30. The van der Waals surface area contributed by atoms with Crippen LogP contribution >= 0.6 is 0 Å². The Morgan fingerprint density at radius 2 is 1.71 bits per heavy atom. The minimum absolute atomic E-state index is 0.0296. The molecule has 5 heteroatoms. The van der Waals surface area contributed by atoms with Crippen molar-refractivity contribution in [3.8, 4) is 0 Å². The molecule has 0 fully saturated rings. The highest BCUT2D eigenvalue weighted by Gasteiger charge is 2.18. The predicted molar refractivity (Wildman–Crippen MR) is 59.9 cm³/mol. The summed E-state index contributed by atoms with van der Waals surface area (Å²) in [5.74, 6) is -1.20. The highest BCUT2D eigenvalue weighted by atomic mass is 16.5. The lowest BCUT2D eigenvalue weighted by Crippen LogP contribution is -2.12. The molecule has 0 unspecified atom stereocenters. The van der Waals surface area contributed by atoms with Gasteiger partial charge in [-0.15, -0.1) is 0 Å². The highest BCUT2D eigenvalue weighted by molar-refractivity contribution is 6.03. The van der Waals surface area contributed by atoms with E-state index in [4.69, 9.17) is 5.11 Å². The molecule has 0 aromatic heterocycles. The monoisotopic (exact) mass is 238 g/mol. The number of carbonyl (C=O) groups is 2. The van der Waals surface area contributed by atoms with Gasteiger partial charge in [-0.2, -0.15) is 0 Å².